The van der Waals surface area contributed by atoms with Gasteiger partial charge in [0.25, 0.3) is 0 Å². The maximum atomic E-state index is 6.29. The molecule has 0 bridgehead atoms. The summed E-state index contributed by atoms with van der Waals surface area (Å²) >= 11 is 6.29. The number of ether oxygens (including phenoxy) is 3. The van der Waals surface area contributed by atoms with Crippen molar-refractivity contribution >= 4 is 17.8 Å². The van der Waals surface area contributed by atoms with Crippen LogP contribution in [0.5, 0.6) is 17.2 Å². The van der Waals surface area contributed by atoms with Gasteiger partial charge in [0.15, 0.2) is 11.5 Å². The van der Waals surface area contributed by atoms with Gasteiger partial charge in [-0.05, 0) is 37.6 Å². The van der Waals surface area contributed by atoms with Crippen molar-refractivity contribution in [1.29, 1.82) is 0 Å². The average Bonchev–Trinajstić information content (AvgIpc) is 2.62. The van der Waals surface area contributed by atoms with Crippen molar-refractivity contribution in [2.75, 3.05) is 20.3 Å². The molecule has 0 saturated heterocycles. The summed E-state index contributed by atoms with van der Waals surface area (Å²) in [4.78, 5) is 0. The topological polar surface area (TPSA) is 52.1 Å². The molecule has 0 amide bonds. The lowest BCUT2D eigenvalue weighted by molar-refractivity contribution is 0.288. The van der Waals surface area contributed by atoms with Crippen LogP contribution in [-0.2, 0) is 6.54 Å². The highest BCUT2D eigenvalue weighted by atomic mass is 35.5. The highest BCUT2D eigenvalue weighted by Crippen LogP contribution is 2.36. The van der Waals surface area contributed by atoms with E-state index in [0.29, 0.717) is 36.3 Å². The van der Waals surface area contributed by atoms with Crippen LogP contribution in [-0.4, -0.2) is 26.5 Å². The molecule has 5 nitrogen and oxygen atoms in total. The molecule has 2 aromatic rings. The van der Waals surface area contributed by atoms with E-state index in [1.54, 1.807) is 19.4 Å². The summed E-state index contributed by atoms with van der Waals surface area (Å²) in [6.45, 7) is 5.43. The molecule has 0 aliphatic rings. The quantitative estimate of drug-likeness (QED) is 0.534. The van der Waals surface area contributed by atoms with E-state index in [2.05, 4.69) is 10.5 Å². The van der Waals surface area contributed by atoms with Crippen LogP contribution in [0.15, 0.2) is 41.5 Å². The van der Waals surface area contributed by atoms with Crippen LogP contribution in [0.25, 0.3) is 0 Å². The molecule has 0 radical (unpaired) electrons. The number of benzene rings is 2. The van der Waals surface area contributed by atoms with Crippen LogP contribution >= 0.6 is 11.6 Å². The molecule has 0 aliphatic heterocycles. The first-order valence-electron chi connectivity index (χ1n) is 8.16. The summed E-state index contributed by atoms with van der Waals surface area (Å²) in [5.41, 5.74) is 4.86. The molecule has 0 saturated carbocycles. The Balaban J connectivity index is 2.07. The van der Waals surface area contributed by atoms with Crippen molar-refractivity contribution < 1.29 is 14.2 Å². The number of halogens is 1. The van der Waals surface area contributed by atoms with Gasteiger partial charge in [-0.1, -0.05) is 29.8 Å². The van der Waals surface area contributed by atoms with Gasteiger partial charge in [-0.2, -0.15) is 5.10 Å². The minimum absolute atomic E-state index is 0.499. The molecule has 1 N–H and O–H groups in total. The third-order valence-corrected chi connectivity index (χ3v) is 3.67. The van der Waals surface area contributed by atoms with E-state index in [0.717, 1.165) is 16.9 Å². The normalized spacial score (nSPS) is 10.7. The zero-order valence-corrected chi connectivity index (χ0v) is 15.5. The Bertz CT molecular complexity index is 720. The molecule has 25 heavy (non-hydrogen) atoms. The van der Waals surface area contributed by atoms with Crippen molar-refractivity contribution in [2.45, 2.75) is 20.4 Å². The summed E-state index contributed by atoms with van der Waals surface area (Å²) in [5, 5.41) is 4.74. The van der Waals surface area contributed by atoms with Gasteiger partial charge < -0.3 is 19.6 Å². The molecule has 134 valence electrons. The average molecular weight is 363 g/mol. The Morgan fingerprint density at radius 1 is 1.08 bits per heavy atom. The van der Waals surface area contributed by atoms with Gasteiger partial charge in [0.1, 0.15) is 5.75 Å². The van der Waals surface area contributed by atoms with E-state index in [4.69, 9.17) is 25.8 Å². The van der Waals surface area contributed by atoms with E-state index >= 15 is 0 Å². The highest BCUT2D eigenvalue weighted by molar-refractivity contribution is 6.32. The van der Waals surface area contributed by atoms with Crippen LogP contribution in [0, 0.1) is 0 Å². The standard InChI is InChI=1S/C19H23ClN2O3/c1-4-24-18-11-14(10-16(20)19(18)25-5-2)12-21-22-13-15-8-6-7-9-17(15)23-3/h6-12,22H,4-5,13H2,1-3H3/b21-12+. The number of hydrogen-bond acceptors (Lipinski definition) is 5. The Kier molecular flexibility index (Phi) is 7.41. The fourth-order valence-corrected chi connectivity index (χ4v) is 2.58. The van der Waals surface area contributed by atoms with Crippen LogP contribution in [0.2, 0.25) is 5.02 Å². The Morgan fingerprint density at radius 2 is 1.84 bits per heavy atom. The molecule has 2 rings (SSSR count). The highest BCUT2D eigenvalue weighted by Gasteiger charge is 2.11. The Hall–Kier alpha value is -2.40. The second kappa shape index (κ2) is 9.79. The van der Waals surface area contributed by atoms with E-state index < -0.39 is 0 Å². The summed E-state index contributed by atoms with van der Waals surface area (Å²) in [7, 11) is 1.65. The first-order chi connectivity index (χ1) is 12.2. The molecule has 0 unspecified atom stereocenters. The van der Waals surface area contributed by atoms with Crippen molar-refractivity contribution in [1.82, 2.24) is 5.43 Å². The predicted octanol–water partition coefficient (Wildman–Crippen LogP) is 4.27. The Labute approximate surface area is 153 Å². The first-order valence-corrected chi connectivity index (χ1v) is 8.54. The fraction of sp³-hybridized carbons (Fsp3) is 0.316. The van der Waals surface area contributed by atoms with Gasteiger partial charge >= 0.3 is 0 Å². The van der Waals surface area contributed by atoms with E-state index in [-0.39, 0.29) is 0 Å². The molecular formula is C19H23ClN2O3. The SMILES string of the molecule is CCOc1cc(/C=N/NCc2ccccc2OC)cc(Cl)c1OCC. The largest absolute Gasteiger partial charge is 0.496 e. The molecule has 0 heterocycles. The second-order valence-electron chi connectivity index (χ2n) is 5.10. The van der Waals surface area contributed by atoms with Crippen molar-refractivity contribution in [2.24, 2.45) is 5.10 Å². The number of nitrogens with one attached hydrogen (secondary N) is 1. The zero-order valence-electron chi connectivity index (χ0n) is 14.7. The lowest BCUT2D eigenvalue weighted by atomic mass is 10.2. The Morgan fingerprint density at radius 3 is 2.56 bits per heavy atom. The summed E-state index contributed by atoms with van der Waals surface area (Å²) in [6, 6.07) is 11.5. The second-order valence-corrected chi connectivity index (χ2v) is 5.51. The van der Waals surface area contributed by atoms with Gasteiger partial charge in [-0.15, -0.1) is 0 Å². The monoisotopic (exact) mass is 362 g/mol. The van der Waals surface area contributed by atoms with Crippen molar-refractivity contribution in [3.05, 3.63) is 52.5 Å². The van der Waals surface area contributed by atoms with E-state index in [9.17, 15) is 0 Å². The van der Waals surface area contributed by atoms with Crippen LogP contribution in [0.3, 0.4) is 0 Å². The molecule has 6 heteroatoms. The van der Waals surface area contributed by atoms with Gasteiger partial charge in [-0.3, -0.25) is 0 Å². The van der Waals surface area contributed by atoms with E-state index in [1.807, 2.05) is 44.2 Å². The van der Waals surface area contributed by atoms with Crippen molar-refractivity contribution in [3.8, 4) is 17.2 Å². The number of rotatable bonds is 9. The van der Waals surface area contributed by atoms with Gasteiger partial charge in [0.2, 0.25) is 0 Å². The first kappa shape index (κ1) is 18.9. The predicted molar refractivity (Wildman–Crippen MR) is 101 cm³/mol. The van der Waals surface area contributed by atoms with Crippen LogP contribution in [0.4, 0.5) is 0 Å². The zero-order chi connectivity index (χ0) is 18.1. The fourth-order valence-electron chi connectivity index (χ4n) is 2.31. The summed E-state index contributed by atoms with van der Waals surface area (Å²) < 4.78 is 16.5. The third-order valence-electron chi connectivity index (χ3n) is 3.39. The molecule has 0 atom stereocenters. The van der Waals surface area contributed by atoms with Crippen LogP contribution in [0.1, 0.15) is 25.0 Å². The molecule has 0 spiro atoms. The summed E-state index contributed by atoms with van der Waals surface area (Å²) in [6.07, 6.45) is 1.69. The van der Waals surface area contributed by atoms with Gasteiger partial charge in [0.05, 0.1) is 38.1 Å². The maximum absolute atomic E-state index is 6.29. The van der Waals surface area contributed by atoms with Gasteiger partial charge in [0, 0.05) is 5.56 Å². The smallest absolute Gasteiger partial charge is 0.179 e. The number of para-hydroxylation sites is 1. The van der Waals surface area contributed by atoms with Gasteiger partial charge in [-0.25, -0.2) is 0 Å². The number of methoxy groups -OCH3 is 1. The summed E-state index contributed by atoms with van der Waals surface area (Å²) in [5.74, 6) is 2.00. The lowest BCUT2D eigenvalue weighted by Gasteiger charge is -2.13. The molecule has 0 aromatic heterocycles. The third kappa shape index (κ3) is 5.29. The molecular weight excluding hydrogens is 340 g/mol. The number of nitrogens with zero attached hydrogens (tertiary/aromatic N) is 1. The minimum Gasteiger partial charge on any atom is -0.496 e. The van der Waals surface area contributed by atoms with E-state index in [1.165, 1.54) is 0 Å². The van der Waals surface area contributed by atoms with Crippen LogP contribution < -0.4 is 19.6 Å². The maximum Gasteiger partial charge on any atom is 0.179 e. The number of hydrazone groups is 1. The molecule has 0 aliphatic carbocycles. The van der Waals surface area contributed by atoms with Crippen molar-refractivity contribution in [3.63, 3.8) is 0 Å². The lowest BCUT2D eigenvalue weighted by Crippen LogP contribution is -2.07. The minimum atomic E-state index is 0.499. The number of hydrogen-bond donors (Lipinski definition) is 1. The molecule has 0 fully saturated rings. The molecule has 2 aromatic carbocycles.